The third-order valence-corrected chi connectivity index (χ3v) is 2.23. The summed E-state index contributed by atoms with van der Waals surface area (Å²) in [5.41, 5.74) is 1.57. The van der Waals surface area contributed by atoms with Gasteiger partial charge in [-0.15, -0.1) is 5.10 Å². The molecule has 7 nitrogen and oxygen atoms in total. The summed E-state index contributed by atoms with van der Waals surface area (Å²) in [6, 6.07) is 0. The second kappa shape index (κ2) is 4.25. The lowest BCUT2D eigenvalue weighted by Gasteiger charge is -2.18. The molecule has 0 aromatic carbocycles. The molecule has 2 heterocycles. The Morgan fingerprint density at radius 3 is 2.61 bits per heavy atom. The molecule has 0 aliphatic heterocycles. The number of aryl methyl sites for hydroxylation is 1. The first-order valence-electron chi connectivity index (χ1n) is 5.53. The van der Waals surface area contributed by atoms with Crippen LogP contribution >= 0.6 is 0 Å². The van der Waals surface area contributed by atoms with E-state index in [9.17, 15) is 4.79 Å². The highest BCUT2D eigenvalue weighted by Gasteiger charge is 2.25. The molecule has 0 radical (unpaired) electrons. The minimum Gasteiger partial charge on any atom is -0.455 e. The molecule has 18 heavy (non-hydrogen) atoms. The third kappa shape index (κ3) is 2.39. The van der Waals surface area contributed by atoms with Gasteiger partial charge in [0.15, 0.2) is 5.69 Å². The molecule has 0 bridgehead atoms. The van der Waals surface area contributed by atoms with Gasteiger partial charge in [-0.1, -0.05) is 0 Å². The van der Waals surface area contributed by atoms with E-state index in [1.165, 1.54) is 0 Å². The van der Waals surface area contributed by atoms with Crippen LogP contribution in [0, 0.1) is 6.92 Å². The number of aromatic amines is 2. The first-order valence-corrected chi connectivity index (χ1v) is 5.53. The van der Waals surface area contributed by atoms with Gasteiger partial charge in [-0.2, -0.15) is 15.4 Å². The van der Waals surface area contributed by atoms with Gasteiger partial charge in [-0.25, -0.2) is 4.79 Å². The first kappa shape index (κ1) is 12.3. The van der Waals surface area contributed by atoms with Gasteiger partial charge in [0.05, 0.1) is 6.20 Å². The van der Waals surface area contributed by atoms with Gasteiger partial charge in [0.2, 0.25) is 0 Å². The summed E-state index contributed by atoms with van der Waals surface area (Å²) in [4.78, 5) is 12.0. The maximum atomic E-state index is 12.0. The highest BCUT2D eigenvalue weighted by atomic mass is 16.6. The summed E-state index contributed by atoms with van der Waals surface area (Å²) in [5.74, 6) is -0.508. The molecule has 7 heteroatoms. The molecule has 0 atom stereocenters. The van der Waals surface area contributed by atoms with Gasteiger partial charge in [0, 0.05) is 11.3 Å². The number of aromatic nitrogens is 5. The maximum absolute atomic E-state index is 12.0. The van der Waals surface area contributed by atoms with Crippen LogP contribution < -0.4 is 0 Å². The molecule has 2 N–H and O–H groups in total. The van der Waals surface area contributed by atoms with Crippen molar-refractivity contribution in [3.63, 3.8) is 0 Å². The average Bonchev–Trinajstić information content (AvgIpc) is 2.82. The lowest BCUT2D eigenvalue weighted by molar-refractivity contribution is 0.00637. The number of rotatable bonds is 2. The smallest absolute Gasteiger partial charge is 0.361 e. The standard InChI is InChI=1S/C11H15N5O2/c1-6-7(5-12-13-6)8-9(15-16-14-8)10(17)18-11(2,3)4/h5H,1-4H3,(H,12,13)(H,14,15,16). The Labute approximate surface area is 104 Å². The molecule has 0 spiro atoms. The molecule has 96 valence electrons. The molecule has 0 saturated carbocycles. The Morgan fingerprint density at radius 2 is 2.06 bits per heavy atom. The van der Waals surface area contributed by atoms with Crippen molar-refractivity contribution in [3.05, 3.63) is 17.6 Å². The van der Waals surface area contributed by atoms with E-state index in [-0.39, 0.29) is 5.69 Å². The van der Waals surface area contributed by atoms with Crippen LogP contribution in [0.2, 0.25) is 0 Å². The lowest BCUT2D eigenvalue weighted by atomic mass is 10.1. The summed E-state index contributed by atoms with van der Waals surface area (Å²) in [7, 11) is 0. The van der Waals surface area contributed by atoms with Crippen molar-refractivity contribution in [1.82, 2.24) is 25.6 Å². The van der Waals surface area contributed by atoms with E-state index in [1.807, 2.05) is 6.92 Å². The van der Waals surface area contributed by atoms with Gasteiger partial charge < -0.3 is 4.74 Å². The molecule has 2 rings (SSSR count). The predicted octanol–water partition coefficient (Wildman–Crippen LogP) is 1.46. The van der Waals surface area contributed by atoms with E-state index >= 15 is 0 Å². The topological polar surface area (TPSA) is 96.5 Å². The largest absolute Gasteiger partial charge is 0.455 e. The minimum absolute atomic E-state index is 0.162. The van der Waals surface area contributed by atoms with E-state index in [1.54, 1.807) is 27.0 Å². The number of nitrogens with zero attached hydrogens (tertiary/aromatic N) is 3. The van der Waals surface area contributed by atoms with E-state index in [2.05, 4.69) is 25.6 Å². The number of H-pyrrole nitrogens is 2. The van der Waals surface area contributed by atoms with Gasteiger partial charge in [-0.05, 0) is 27.7 Å². The van der Waals surface area contributed by atoms with Crippen LogP contribution in [0.5, 0.6) is 0 Å². The molecule has 0 aliphatic carbocycles. The van der Waals surface area contributed by atoms with Gasteiger partial charge >= 0.3 is 5.97 Å². The fraction of sp³-hybridized carbons (Fsp3) is 0.455. The Bertz CT molecular complexity index is 564. The summed E-state index contributed by atoms with van der Waals surface area (Å²) < 4.78 is 5.27. The monoisotopic (exact) mass is 249 g/mol. The van der Waals surface area contributed by atoms with Crippen molar-refractivity contribution in [3.8, 4) is 11.3 Å². The van der Waals surface area contributed by atoms with Crippen LogP contribution in [0.3, 0.4) is 0 Å². The molecule has 0 fully saturated rings. The van der Waals surface area contributed by atoms with Crippen LogP contribution in [0.4, 0.5) is 0 Å². The predicted molar refractivity (Wildman–Crippen MR) is 63.9 cm³/mol. The Kier molecular flexibility index (Phi) is 2.90. The number of ether oxygens (including phenoxy) is 1. The van der Waals surface area contributed by atoms with E-state index in [0.29, 0.717) is 5.69 Å². The molecular formula is C11H15N5O2. The first-order chi connectivity index (χ1) is 8.38. The van der Waals surface area contributed by atoms with Gasteiger partial charge in [-0.3, -0.25) is 5.10 Å². The molecule has 2 aromatic rings. The minimum atomic E-state index is -0.571. The van der Waals surface area contributed by atoms with Crippen molar-refractivity contribution in [2.45, 2.75) is 33.3 Å². The number of carbonyl (C=O) groups is 1. The zero-order chi connectivity index (χ0) is 13.3. The molecular weight excluding hydrogens is 234 g/mol. The lowest BCUT2D eigenvalue weighted by Crippen LogP contribution is -2.24. The van der Waals surface area contributed by atoms with Crippen molar-refractivity contribution < 1.29 is 9.53 Å². The number of hydrogen-bond acceptors (Lipinski definition) is 5. The molecule has 0 aliphatic rings. The van der Waals surface area contributed by atoms with Crippen LogP contribution in [-0.4, -0.2) is 37.2 Å². The fourth-order valence-electron chi connectivity index (χ4n) is 1.48. The van der Waals surface area contributed by atoms with Crippen molar-refractivity contribution in [1.29, 1.82) is 0 Å². The molecule has 2 aromatic heterocycles. The summed E-state index contributed by atoms with van der Waals surface area (Å²) in [6.07, 6.45) is 1.60. The number of carbonyl (C=O) groups excluding carboxylic acids is 1. The highest BCUT2D eigenvalue weighted by Crippen LogP contribution is 2.23. The van der Waals surface area contributed by atoms with Gasteiger partial charge in [0.1, 0.15) is 11.3 Å². The molecule has 0 saturated heterocycles. The number of esters is 1. The zero-order valence-corrected chi connectivity index (χ0v) is 10.7. The Hall–Kier alpha value is -2.18. The summed E-state index contributed by atoms with van der Waals surface area (Å²) >= 11 is 0. The van der Waals surface area contributed by atoms with Crippen molar-refractivity contribution in [2.75, 3.05) is 0 Å². The zero-order valence-electron chi connectivity index (χ0n) is 10.7. The maximum Gasteiger partial charge on any atom is 0.361 e. The van der Waals surface area contributed by atoms with Crippen LogP contribution in [-0.2, 0) is 4.74 Å². The Balaban J connectivity index is 2.34. The average molecular weight is 249 g/mol. The second-order valence-electron chi connectivity index (χ2n) is 4.93. The normalized spacial score (nSPS) is 11.6. The van der Waals surface area contributed by atoms with Crippen LogP contribution in [0.25, 0.3) is 11.3 Å². The van der Waals surface area contributed by atoms with E-state index in [0.717, 1.165) is 11.3 Å². The second-order valence-corrected chi connectivity index (χ2v) is 4.93. The quantitative estimate of drug-likeness (QED) is 0.785. The number of nitrogens with one attached hydrogen (secondary N) is 2. The van der Waals surface area contributed by atoms with E-state index < -0.39 is 11.6 Å². The van der Waals surface area contributed by atoms with E-state index in [4.69, 9.17) is 4.74 Å². The molecule has 0 unspecified atom stereocenters. The van der Waals surface area contributed by atoms with Gasteiger partial charge in [0.25, 0.3) is 0 Å². The number of hydrogen-bond donors (Lipinski definition) is 2. The summed E-state index contributed by atoms with van der Waals surface area (Å²) in [5, 5.41) is 16.9. The van der Waals surface area contributed by atoms with Crippen molar-refractivity contribution >= 4 is 5.97 Å². The Morgan fingerprint density at radius 1 is 1.33 bits per heavy atom. The fourth-order valence-corrected chi connectivity index (χ4v) is 1.48. The van der Waals surface area contributed by atoms with Crippen LogP contribution in [0.1, 0.15) is 37.0 Å². The third-order valence-electron chi connectivity index (χ3n) is 2.23. The van der Waals surface area contributed by atoms with Crippen LogP contribution in [0.15, 0.2) is 6.20 Å². The SMILES string of the molecule is Cc1[nH]ncc1-c1n[nH]nc1C(=O)OC(C)(C)C. The van der Waals surface area contributed by atoms with Crippen molar-refractivity contribution in [2.24, 2.45) is 0 Å². The highest BCUT2D eigenvalue weighted by molar-refractivity contribution is 5.94. The summed E-state index contributed by atoms with van der Waals surface area (Å²) in [6.45, 7) is 7.24. The molecule has 0 amide bonds.